The Hall–Kier alpha value is -2.08. The van der Waals surface area contributed by atoms with Gasteiger partial charge in [-0.25, -0.2) is 4.98 Å². The van der Waals surface area contributed by atoms with Crippen LogP contribution in [0.25, 0.3) is 0 Å². The van der Waals surface area contributed by atoms with Crippen LogP contribution < -0.4 is 10.9 Å². The molecule has 0 bridgehead atoms. The minimum Gasteiger partial charge on any atom is -0.326 e. The average Bonchev–Trinajstić information content (AvgIpc) is 2.88. The largest absolute Gasteiger partial charge is 0.326 e. The zero-order valence-corrected chi connectivity index (χ0v) is 13.3. The lowest BCUT2D eigenvalue weighted by molar-refractivity contribution is -0.116. The third-order valence-electron chi connectivity index (χ3n) is 3.80. The Morgan fingerprint density at radius 1 is 1.36 bits per heavy atom. The number of carbonyl (C=O) groups is 1. The molecule has 0 saturated carbocycles. The van der Waals surface area contributed by atoms with Gasteiger partial charge >= 0.3 is 0 Å². The summed E-state index contributed by atoms with van der Waals surface area (Å²) in [5.41, 5.74) is 2.15. The number of carbonyl (C=O) groups excluding carboxylic acids is 1. The van der Waals surface area contributed by atoms with Gasteiger partial charge in [-0.05, 0) is 26.0 Å². The van der Waals surface area contributed by atoms with E-state index in [1.807, 2.05) is 37.3 Å². The summed E-state index contributed by atoms with van der Waals surface area (Å²) in [5.74, 6) is 0.614. The summed E-state index contributed by atoms with van der Waals surface area (Å²) in [6.45, 7) is 3.62. The molecule has 1 N–H and O–H groups in total. The van der Waals surface area contributed by atoms with E-state index in [4.69, 9.17) is 0 Å². The van der Waals surface area contributed by atoms with Crippen molar-refractivity contribution < 1.29 is 4.79 Å². The molecular formula is C16H17N3O2S. The van der Waals surface area contributed by atoms with Crippen molar-refractivity contribution in [2.24, 2.45) is 0 Å². The van der Waals surface area contributed by atoms with Crippen molar-refractivity contribution in [3.05, 3.63) is 51.9 Å². The van der Waals surface area contributed by atoms with Crippen LogP contribution in [0.3, 0.4) is 0 Å². The lowest BCUT2D eigenvalue weighted by Gasteiger charge is -2.14. The number of thioether (sulfide) groups is 1. The lowest BCUT2D eigenvalue weighted by atomic mass is 10.2. The number of hydrogen-bond donors (Lipinski definition) is 1. The molecule has 0 saturated heterocycles. The number of hydrogen-bond acceptors (Lipinski definition) is 4. The van der Waals surface area contributed by atoms with E-state index in [-0.39, 0.29) is 23.9 Å². The van der Waals surface area contributed by atoms with Crippen LogP contribution in [0, 0.1) is 13.8 Å². The first-order valence-corrected chi connectivity index (χ1v) is 8.12. The predicted molar refractivity (Wildman–Crippen MR) is 87.4 cm³/mol. The second-order valence-electron chi connectivity index (χ2n) is 5.36. The van der Waals surface area contributed by atoms with Crippen LogP contribution in [-0.2, 0) is 4.79 Å². The minimum absolute atomic E-state index is 0.0370. The Bertz CT molecular complexity index is 771. The molecule has 0 spiro atoms. The van der Waals surface area contributed by atoms with E-state index in [0.29, 0.717) is 16.5 Å². The number of fused-ring (bicyclic) bond motifs is 1. The maximum absolute atomic E-state index is 12.4. The quantitative estimate of drug-likeness (QED) is 0.884. The molecule has 1 amide bonds. The molecule has 114 valence electrons. The molecule has 5 nitrogen and oxygen atoms in total. The molecule has 1 aromatic carbocycles. The smallest absolute Gasteiger partial charge is 0.257 e. The van der Waals surface area contributed by atoms with Gasteiger partial charge in [-0.2, -0.15) is 0 Å². The van der Waals surface area contributed by atoms with Crippen molar-refractivity contribution in [2.45, 2.75) is 31.5 Å². The Kier molecular flexibility index (Phi) is 4.02. The summed E-state index contributed by atoms with van der Waals surface area (Å²) >= 11 is 1.53. The van der Waals surface area contributed by atoms with Crippen LogP contribution >= 0.6 is 11.8 Å². The fourth-order valence-electron chi connectivity index (χ4n) is 2.47. The molecule has 2 aromatic rings. The van der Waals surface area contributed by atoms with Gasteiger partial charge in [0.1, 0.15) is 0 Å². The van der Waals surface area contributed by atoms with Crippen molar-refractivity contribution in [2.75, 3.05) is 11.1 Å². The second-order valence-corrected chi connectivity index (χ2v) is 6.35. The number of para-hydroxylation sites is 1. The van der Waals surface area contributed by atoms with E-state index in [9.17, 15) is 9.59 Å². The molecule has 0 aliphatic carbocycles. The number of aromatic nitrogens is 2. The van der Waals surface area contributed by atoms with Crippen molar-refractivity contribution in [3.63, 3.8) is 0 Å². The molecular weight excluding hydrogens is 298 g/mol. The number of anilines is 1. The molecule has 6 heteroatoms. The van der Waals surface area contributed by atoms with Gasteiger partial charge in [0.25, 0.3) is 5.56 Å². The highest BCUT2D eigenvalue weighted by molar-refractivity contribution is 7.99. The van der Waals surface area contributed by atoms with Gasteiger partial charge in [0.15, 0.2) is 5.16 Å². The molecule has 1 atom stereocenters. The zero-order chi connectivity index (χ0) is 15.7. The van der Waals surface area contributed by atoms with Gasteiger partial charge in [0, 0.05) is 29.1 Å². The Morgan fingerprint density at radius 2 is 2.09 bits per heavy atom. The van der Waals surface area contributed by atoms with E-state index < -0.39 is 0 Å². The Labute approximate surface area is 132 Å². The van der Waals surface area contributed by atoms with E-state index in [1.165, 1.54) is 11.8 Å². The molecule has 1 aromatic heterocycles. The lowest BCUT2D eigenvalue weighted by Crippen LogP contribution is -2.29. The molecule has 3 rings (SSSR count). The fraction of sp³-hybridized carbons (Fsp3) is 0.312. The summed E-state index contributed by atoms with van der Waals surface area (Å²) < 4.78 is 1.66. The fourth-order valence-corrected chi connectivity index (χ4v) is 3.65. The van der Waals surface area contributed by atoms with Crippen LogP contribution in [0.1, 0.15) is 23.7 Å². The van der Waals surface area contributed by atoms with E-state index in [1.54, 1.807) is 11.5 Å². The number of nitrogens with one attached hydrogen (secondary N) is 1. The van der Waals surface area contributed by atoms with Crippen LogP contribution in [0.2, 0.25) is 0 Å². The molecule has 1 unspecified atom stereocenters. The number of aryl methyl sites for hydroxylation is 1. The van der Waals surface area contributed by atoms with Crippen molar-refractivity contribution >= 4 is 23.4 Å². The van der Waals surface area contributed by atoms with Crippen LogP contribution in [-0.4, -0.2) is 21.2 Å². The van der Waals surface area contributed by atoms with Crippen molar-refractivity contribution in [3.8, 4) is 0 Å². The SMILES string of the molecule is Cc1nc2n(c(=O)c1C)C(CC(=O)Nc1ccccc1)CS2. The van der Waals surface area contributed by atoms with E-state index in [2.05, 4.69) is 10.3 Å². The number of rotatable bonds is 3. The first-order valence-electron chi connectivity index (χ1n) is 7.13. The van der Waals surface area contributed by atoms with Crippen LogP contribution in [0.15, 0.2) is 40.3 Å². The number of nitrogens with zero attached hydrogens (tertiary/aromatic N) is 2. The maximum Gasteiger partial charge on any atom is 0.257 e. The Morgan fingerprint density at radius 3 is 2.82 bits per heavy atom. The topological polar surface area (TPSA) is 64.0 Å². The van der Waals surface area contributed by atoms with Crippen molar-refractivity contribution in [1.29, 1.82) is 0 Å². The first kappa shape index (κ1) is 14.8. The first-order chi connectivity index (χ1) is 10.6. The summed E-state index contributed by atoms with van der Waals surface area (Å²) in [4.78, 5) is 29.0. The third-order valence-corrected chi connectivity index (χ3v) is 4.90. The van der Waals surface area contributed by atoms with Gasteiger partial charge in [-0.1, -0.05) is 30.0 Å². The number of benzene rings is 1. The number of amides is 1. The molecule has 1 aliphatic rings. The van der Waals surface area contributed by atoms with Crippen molar-refractivity contribution in [1.82, 2.24) is 9.55 Å². The summed E-state index contributed by atoms with van der Waals surface area (Å²) in [6.07, 6.45) is 0.277. The van der Waals surface area contributed by atoms with E-state index >= 15 is 0 Å². The molecule has 0 radical (unpaired) electrons. The van der Waals surface area contributed by atoms with Gasteiger partial charge in [0.2, 0.25) is 5.91 Å². The van der Waals surface area contributed by atoms with Crippen LogP contribution in [0.5, 0.6) is 0 Å². The van der Waals surface area contributed by atoms with Gasteiger partial charge < -0.3 is 5.32 Å². The standard InChI is InChI=1S/C16H17N3O2S/c1-10-11(2)17-16-19(15(10)21)13(9-22-16)8-14(20)18-12-6-4-3-5-7-12/h3-7,13H,8-9H2,1-2H3,(H,18,20). The van der Waals surface area contributed by atoms with Crippen LogP contribution in [0.4, 0.5) is 5.69 Å². The van der Waals surface area contributed by atoms with Gasteiger partial charge in [-0.3, -0.25) is 14.2 Å². The summed E-state index contributed by atoms with van der Waals surface area (Å²) in [6, 6.07) is 9.19. The highest BCUT2D eigenvalue weighted by atomic mass is 32.2. The van der Waals surface area contributed by atoms with E-state index in [0.717, 1.165) is 11.4 Å². The average molecular weight is 315 g/mol. The predicted octanol–water partition coefficient (Wildman–Crippen LogP) is 2.54. The highest BCUT2D eigenvalue weighted by Gasteiger charge is 2.28. The highest BCUT2D eigenvalue weighted by Crippen LogP contribution is 2.32. The Balaban J connectivity index is 1.78. The molecule has 1 aliphatic heterocycles. The normalized spacial score (nSPS) is 16.4. The monoisotopic (exact) mass is 315 g/mol. The third kappa shape index (κ3) is 2.78. The molecule has 2 heterocycles. The summed E-state index contributed by atoms with van der Waals surface area (Å²) in [5, 5.41) is 3.57. The molecule has 22 heavy (non-hydrogen) atoms. The van der Waals surface area contributed by atoms with Gasteiger partial charge in [0.05, 0.1) is 6.04 Å². The summed E-state index contributed by atoms with van der Waals surface area (Å²) in [7, 11) is 0. The maximum atomic E-state index is 12.4. The minimum atomic E-state index is -0.136. The second kappa shape index (κ2) is 5.96. The zero-order valence-electron chi connectivity index (χ0n) is 12.5. The molecule has 0 fully saturated rings. The van der Waals surface area contributed by atoms with Gasteiger partial charge in [-0.15, -0.1) is 0 Å².